The fourth-order valence-corrected chi connectivity index (χ4v) is 1.75. The summed E-state index contributed by atoms with van der Waals surface area (Å²) in [6.07, 6.45) is -6.25. The van der Waals surface area contributed by atoms with Crippen LogP contribution in [0.5, 0.6) is 0 Å². The van der Waals surface area contributed by atoms with Crippen molar-refractivity contribution in [3.8, 4) is 0 Å². The highest BCUT2D eigenvalue weighted by atomic mass is 19.4. The first-order chi connectivity index (χ1) is 11.4. The van der Waals surface area contributed by atoms with E-state index in [1.165, 1.54) is 0 Å². The molecular formula is C13H14F12O. The smallest absolute Gasteiger partial charge is 0.384 e. The van der Waals surface area contributed by atoms with Crippen LogP contribution >= 0.6 is 0 Å². The molecule has 1 nitrogen and oxygen atoms in total. The Morgan fingerprint density at radius 2 is 0.962 bits per heavy atom. The zero-order valence-corrected chi connectivity index (χ0v) is 12.8. The maximum absolute atomic E-state index is 13.4. The standard InChI is InChI=1S/C13H14F12O/c1-2-3-5-8(14,15)10(18,19)12(22,23)13(24,25)11(20,21)9(16,17)6-4-7-26/h2,26H,1,3-7H2. The Labute approximate surface area is 139 Å². The van der Waals surface area contributed by atoms with Gasteiger partial charge in [0.25, 0.3) is 0 Å². The van der Waals surface area contributed by atoms with Gasteiger partial charge >= 0.3 is 35.5 Å². The summed E-state index contributed by atoms with van der Waals surface area (Å²) in [5.74, 6) is -41.2. The molecule has 0 aliphatic rings. The highest BCUT2D eigenvalue weighted by Crippen LogP contribution is 2.61. The lowest BCUT2D eigenvalue weighted by atomic mass is 9.89. The molecule has 0 radical (unpaired) electrons. The lowest BCUT2D eigenvalue weighted by Crippen LogP contribution is -2.70. The molecule has 0 heterocycles. The van der Waals surface area contributed by atoms with E-state index in [1.54, 1.807) is 0 Å². The molecule has 0 atom stereocenters. The van der Waals surface area contributed by atoms with E-state index in [2.05, 4.69) is 6.58 Å². The summed E-state index contributed by atoms with van der Waals surface area (Å²) in [5, 5.41) is 8.24. The summed E-state index contributed by atoms with van der Waals surface area (Å²) in [7, 11) is 0. The molecule has 0 spiro atoms. The van der Waals surface area contributed by atoms with Gasteiger partial charge in [-0.2, -0.15) is 52.7 Å². The molecule has 0 aliphatic heterocycles. The second-order valence-electron chi connectivity index (χ2n) is 5.36. The van der Waals surface area contributed by atoms with Gasteiger partial charge in [0.1, 0.15) is 0 Å². The molecule has 0 saturated carbocycles. The van der Waals surface area contributed by atoms with E-state index in [1.807, 2.05) is 0 Å². The first kappa shape index (κ1) is 24.9. The van der Waals surface area contributed by atoms with E-state index in [4.69, 9.17) is 5.11 Å². The van der Waals surface area contributed by atoms with Gasteiger partial charge in [-0.25, -0.2) is 0 Å². The second-order valence-corrected chi connectivity index (χ2v) is 5.36. The van der Waals surface area contributed by atoms with Crippen molar-refractivity contribution in [1.82, 2.24) is 0 Å². The van der Waals surface area contributed by atoms with Crippen LogP contribution in [0.25, 0.3) is 0 Å². The Morgan fingerprint density at radius 1 is 0.615 bits per heavy atom. The van der Waals surface area contributed by atoms with Gasteiger partial charge in [-0.05, 0) is 12.8 Å². The van der Waals surface area contributed by atoms with Gasteiger partial charge in [-0.15, -0.1) is 6.58 Å². The van der Waals surface area contributed by atoms with Crippen LogP contribution < -0.4 is 0 Å². The predicted molar refractivity (Wildman–Crippen MR) is 65.4 cm³/mol. The van der Waals surface area contributed by atoms with Crippen LogP contribution in [0.4, 0.5) is 52.7 Å². The average molecular weight is 414 g/mol. The van der Waals surface area contributed by atoms with Gasteiger partial charge in [0.05, 0.1) is 0 Å². The number of alkyl halides is 12. The van der Waals surface area contributed by atoms with E-state index in [0.717, 1.165) is 0 Å². The SMILES string of the molecule is C=CCCC(F)(F)C(F)(F)C(F)(F)C(F)(F)C(F)(F)C(F)(F)CCCO. The zero-order chi connectivity index (χ0) is 21.2. The minimum absolute atomic E-state index is 0.540. The molecule has 13 heteroatoms. The molecule has 0 aromatic carbocycles. The van der Waals surface area contributed by atoms with Crippen LogP contribution in [0.15, 0.2) is 12.7 Å². The van der Waals surface area contributed by atoms with Crippen LogP contribution in [-0.2, 0) is 0 Å². The number of aliphatic hydroxyl groups excluding tert-OH is 1. The summed E-state index contributed by atoms with van der Waals surface area (Å²) >= 11 is 0. The van der Waals surface area contributed by atoms with E-state index >= 15 is 0 Å². The fourth-order valence-electron chi connectivity index (χ4n) is 1.75. The number of rotatable bonds is 11. The van der Waals surface area contributed by atoms with Crippen LogP contribution in [0.2, 0.25) is 0 Å². The lowest BCUT2D eigenvalue weighted by molar-refractivity contribution is -0.425. The Hall–Kier alpha value is -1.14. The summed E-state index contributed by atoms with van der Waals surface area (Å²) in [6.45, 7) is 1.57. The van der Waals surface area contributed by atoms with Crippen molar-refractivity contribution in [2.24, 2.45) is 0 Å². The van der Waals surface area contributed by atoms with E-state index in [9.17, 15) is 52.7 Å². The lowest BCUT2D eigenvalue weighted by Gasteiger charge is -2.41. The third kappa shape index (κ3) is 3.77. The van der Waals surface area contributed by atoms with Gasteiger partial charge in [0.15, 0.2) is 0 Å². The zero-order valence-electron chi connectivity index (χ0n) is 12.8. The van der Waals surface area contributed by atoms with E-state index in [0.29, 0.717) is 6.08 Å². The molecule has 0 aromatic heterocycles. The van der Waals surface area contributed by atoms with E-state index in [-0.39, 0.29) is 0 Å². The topological polar surface area (TPSA) is 20.2 Å². The first-order valence-electron chi connectivity index (χ1n) is 6.86. The van der Waals surface area contributed by atoms with Crippen LogP contribution in [0, 0.1) is 0 Å². The quantitative estimate of drug-likeness (QED) is 0.348. The third-order valence-electron chi connectivity index (χ3n) is 3.41. The van der Waals surface area contributed by atoms with Gasteiger partial charge in [-0.3, -0.25) is 0 Å². The second kappa shape index (κ2) is 7.47. The van der Waals surface area contributed by atoms with Crippen molar-refractivity contribution >= 4 is 0 Å². The van der Waals surface area contributed by atoms with Crippen molar-refractivity contribution in [1.29, 1.82) is 0 Å². The summed E-state index contributed by atoms with van der Waals surface area (Å²) in [4.78, 5) is 0. The van der Waals surface area contributed by atoms with Crippen molar-refractivity contribution in [3.63, 3.8) is 0 Å². The molecular weight excluding hydrogens is 400 g/mol. The third-order valence-corrected chi connectivity index (χ3v) is 3.41. The molecule has 0 saturated heterocycles. The van der Waals surface area contributed by atoms with Crippen molar-refractivity contribution < 1.29 is 57.8 Å². The van der Waals surface area contributed by atoms with Gasteiger partial charge < -0.3 is 5.11 Å². The largest absolute Gasteiger partial charge is 0.396 e. The summed E-state index contributed by atoms with van der Waals surface area (Å²) < 4.78 is 160. The molecule has 156 valence electrons. The van der Waals surface area contributed by atoms with Gasteiger partial charge in [-0.1, -0.05) is 6.08 Å². The van der Waals surface area contributed by atoms with Crippen molar-refractivity contribution in [2.45, 2.75) is 61.2 Å². The van der Waals surface area contributed by atoms with Gasteiger partial charge in [0.2, 0.25) is 0 Å². The van der Waals surface area contributed by atoms with Crippen LogP contribution in [0.1, 0.15) is 25.7 Å². The van der Waals surface area contributed by atoms with Crippen molar-refractivity contribution in [2.75, 3.05) is 6.61 Å². The maximum Gasteiger partial charge on any atom is 0.384 e. The molecule has 1 N–H and O–H groups in total. The Kier molecular flexibility index (Phi) is 7.14. The van der Waals surface area contributed by atoms with Crippen LogP contribution in [-0.4, -0.2) is 47.2 Å². The van der Waals surface area contributed by atoms with Crippen molar-refractivity contribution in [3.05, 3.63) is 12.7 Å². The monoisotopic (exact) mass is 414 g/mol. The molecule has 0 amide bonds. The Bertz CT molecular complexity index is 486. The van der Waals surface area contributed by atoms with E-state index < -0.39 is 67.8 Å². The molecule has 0 unspecified atom stereocenters. The number of hydrogen-bond acceptors (Lipinski definition) is 1. The predicted octanol–water partition coefficient (Wildman–Crippen LogP) is 5.54. The number of allylic oxidation sites excluding steroid dienone is 1. The maximum atomic E-state index is 13.4. The average Bonchev–Trinajstić information content (AvgIpc) is 2.49. The number of hydrogen-bond donors (Lipinski definition) is 1. The number of halogens is 12. The first-order valence-corrected chi connectivity index (χ1v) is 6.86. The molecule has 0 aliphatic carbocycles. The Morgan fingerprint density at radius 3 is 1.27 bits per heavy atom. The van der Waals surface area contributed by atoms with Crippen LogP contribution in [0.3, 0.4) is 0 Å². The summed E-state index contributed by atoms with van der Waals surface area (Å²) in [6, 6.07) is 0. The summed E-state index contributed by atoms with van der Waals surface area (Å²) in [5.41, 5.74) is 0. The Balaban J connectivity index is 6.10. The molecule has 26 heavy (non-hydrogen) atoms. The van der Waals surface area contributed by atoms with Gasteiger partial charge in [0, 0.05) is 19.4 Å². The molecule has 0 bridgehead atoms. The molecule has 0 fully saturated rings. The number of aliphatic hydroxyl groups is 1. The fraction of sp³-hybridized carbons (Fsp3) is 0.846. The normalized spacial score (nSPS) is 15.3. The highest BCUT2D eigenvalue weighted by molar-refractivity contribution is 5.11. The molecule has 0 rings (SSSR count). The minimum atomic E-state index is -7.54. The molecule has 0 aromatic rings. The minimum Gasteiger partial charge on any atom is -0.396 e. The highest BCUT2D eigenvalue weighted by Gasteiger charge is 2.89.